The predicted molar refractivity (Wildman–Crippen MR) is 72.5 cm³/mol. The van der Waals surface area contributed by atoms with Crippen molar-refractivity contribution < 1.29 is 13.2 Å². The molecule has 0 spiro atoms. The number of benzene rings is 1. The van der Waals surface area contributed by atoms with Crippen molar-refractivity contribution in [1.82, 2.24) is 4.98 Å². The maximum absolute atomic E-state index is 12.4. The summed E-state index contributed by atoms with van der Waals surface area (Å²) in [6, 6.07) is 12.4. The number of nitrogens with one attached hydrogen (secondary N) is 1. The Kier molecular flexibility index (Phi) is 4.27. The number of alkyl halides is 3. The Morgan fingerprint density at radius 2 is 1.80 bits per heavy atom. The molecule has 0 amide bonds. The van der Waals surface area contributed by atoms with Crippen LogP contribution >= 0.6 is 0 Å². The van der Waals surface area contributed by atoms with Crippen molar-refractivity contribution in [3.05, 3.63) is 59.9 Å². The van der Waals surface area contributed by atoms with Gasteiger partial charge in [0, 0.05) is 6.04 Å². The van der Waals surface area contributed by atoms with E-state index in [2.05, 4.69) is 10.3 Å². The number of nitrogens with zero attached hydrogens (tertiary/aromatic N) is 1. The Morgan fingerprint density at radius 1 is 1.10 bits per heavy atom. The Hall–Kier alpha value is -2.04. The molecule has 20 heavy (non-hydrogen) atoms. The molecule has 0 aliphatic carbocycles. The number of halogens is 3. The molecule has 0 fully saturated rings. The van der Waals surface area contributed by atoms with E-state index < -0.39 is 11.9 Å². The number of hydrogen-bond donors (Lipinski definition) is 1. The lowest BCUT2D eigenvalue weighted by molar-refractivity contribution is -0.141. The van der Waals surface area contributed by atoms with Gasteiger partial charge in [0.2, 0.25) is 0 Å². The fourth-order valence-electron chi connectivity index (χ4n) is 1.95. The van der Waals surface area contributed by atoms with Gasteiger partial charge in [0.1, 0.15) is 5.69 Å². The third kappa shape index (κ3) is 3.98. The molecule has 1 heterocycles. The van der Waals surface area contributed by atoms with E-state index in [1.165, 1.54) is 17.8 Å². The minimum atomic E-state index is -4.39. The fourth-order valence-corrected chi connectivity index (χ4v) is 1.95. The topological polar surface area (TPSA) is 24.9 Å². The van der Waals surface area contributed by atoms with Crippen molar-refractivity contribution in [2.75, 3.05) is 5.32 Å². The normalized spacial score (nSPS) is 13.0. The van der Waals surface area contributed by atoms with Crippen LogP contribution in [0.5, 0.6) is 0 Å². The van der Waals surface area contributed by atoms with Gasteiger partial charge in [0.25, 0.3) is 0 Å². The van der Waals surface area contributed by atoms with E-state index in [1.54, 1.807) is 0 Å². The van der Waals surface area contributed by atoms with Gasteiger partial charge in [0.05, 0.1) is 11.9 Å². The SMILES string of the molecule is CC(Cc1ccccc1)Nc1ccc(C(F)(F)F)nc1. The Morgan fingerprint density at radius 3 is 2.35 bits per heavy atom. The lowest BCUT2D eigenvalue weighted by Crippen LogP contribution is -2.18. The number of hydrogen-bond acceptors (Lipinski definition) is 2. The van der Waals surface area contributed by atoms with Crippen LogP contribution in [0.25, 0.3) is 0 Å². The number of anilines is 1. The Bertz CT molecular complexity index is 535. The minimum absolute atomic E-state index is 0.107. The van der Waals surface area contributed by atoms with E-state index in [0.717, 1.165) is 12.5 Å². The van der Waals surface area contributed by atoms with E-state index in [4.69, 9.17) is 0 Å². The van der Waals surface area contributed by atoms with E-state index >= 15 is 0 Å². The summed E-state index contributed by atoms with van der Waals surface area (Å²) < 4.78 is 37.2. The van der Waals surface area contributed by atoms with Crippen molar-refractivity contribution >= 4 is 5.69 Å². The summed E-state index contributed by atoms with van der Waals surface area (Å²) in [7, 11) is 0. The average molecular weight is 280 g/mol. The Labute approximate surface area is 115 Å². The van der Waals surface area contributed by atoms with Gasteiger partial charge in [-0.3, -0.25) is 0 Å². The van der Waals surface area contributed by atoms with E-state index in [0.29, 0.717) is 5.69 Å². The highest BCUT2D eigenvalue weighted by atomic mass is 19.4. The molecule has 0 saturated heterocycles. The number of pyridine rings is 1. The molecule has 1 N–H and O–H groups in total. The van der Waals surface area contributed by atoms with Gasteiger partial charge in [0.15, 0.2) is 0 Å². The zero-order valence-electron chi connectivity index (χ0n) is 11.0. The second-order valence-corrected chi connectivity index (χ2v) is 4.66. The van der Waals surface area contributed by atoms with Gasteiger partial charge in [-0.2, -0.15) is 13.2 Å². The van der Waals surface area contributed by atoms with Crippen molar-refractivity contribution in [1.29, 1.82) is 0 Å². The molecule has 106 valence electrons. The summed E-state index contributed by atoms with van der Waals surface area (Å²) in [4.78, 5) is 3.42. The largest absolute Gasteiger partial charge is 0.433 e. The molecule has 0 radical (unpaired) electrons. The first-order valence-corrected chi connectivity index (χ1v) is 6.29. The monoisotopic (exact) mass is 280 g/mol. The summed E-state index contributed by atoms with van der Waals surface area (Å²) in [5.41, 5.74) is 0.882. The Balaban J connectivity index is 1.96. The smallest absolute Gasteiger partial charge is 0.381 e. The molecule has 1 unspecified atom stereocenters. The van der Waals surface area contributed by atoms with Gasteiger partial charge < -0.3 is 5.32 Å². The highest BCUT2D eigenvalue weighted by molar-refractivity contribution is 5.42. The van der Waals surface area contributed by atoms with Crippen molar-refractivity contribution in [3.63, 3.8) is 0 Å². The first-order chi connectivity index (χ1) is 9.45. The van der Waals surface area contributed by atoms with Crippen LogP contribution in [0.2, 0.25) is 0 Å². The van der Waals surface area contributed by atoms with Crippen LogP contribution < -0.4 is 5.32 Å². The molecule has 2 nitrogen and oxygen atoms in total. The summed E-state index contributed by atoms with van der Waals surface area (Å²) >= 11 is 0. The van der Waals surface area contributed by atoms with E-state index in [-0.39, 0.29) is 6.04 Å². The number of rotatable bonds is 4. The molecule has 0 saturated carbocycles. The number of aromatic nitrogens is 1. The summed E-state index contributed by atoms with van der Waals surface area (Å²) in [5, 5.41) is 3.14. The fraction of sp³-hybridized carbons (Fsp3) is 0.267. The van der Waals surface area contributed by atoms with Gasteiger partial charge in [-0.25, -0.2) is 4.98 Å². The molecule has 5 heteroatoms. The van der Waals surface area contributed by atoms with Crippen molar-refractivity contribution in [3.8, 4) is 0 Å². The zero-order chi connectivity index (χ0) is 14.6. The van der Waals surface area contributed by atoms with Gasteiger partial charge >= 0.3 is 6.18 Å². The lowest BCUT2D eigenvalue weighted by atomic mass is 10.1. The van der Waals surface area contributed by atoms with Crippen LogP contribution in [0.15, 0.2) is 48.7 Å². The standard InChI is InChI=1S/C15H15F3N2/c1-11(9-12-5-3-2-4-6-12)20-13-7-8-14(19-10-13)15(16,17)18/h2-8,10-11,20H,9H2,1H3. The molecule has 0 aliphatic heterocycles. The van der Waals surface area contributed by atoms with E-state index in [9.17, 15) is 13.2 Å². The van der Waals surface area contributed by atoms with Crippen LogP contribution in [0.1, 0.15) is 18.2 Å². The van der Waals surface area contributed by atoms with Crippen LogP contribution in [0.4, 0.5) is 18.9 Å². The van der Waals surface area contributed by atoms with Crippen LogP contribution in [-0.2, 0) is 12.6 Å². The van der Waals surface area contributed by atoms with Crippen LogP contribution in [0, 0.1) is 0 Å². The molecule has 2 aromatic rings. The quantitative estimate of drug-likeness (QED) is 0.910. The first-order valence-electron chi connectivity index (χ1n) is 6.29. The van der Waals surface area contributed by atoms with Gasteiger partial charge in [-0.15, -0.1) is 0 Å². The van der Waals surface area contributed by atoms with Gasteiger partial charge in [-0.1, -0.05) is 30.3 Å². The molecular weight excluding hydrogens is 265 g/mol. The van der Waals surface area contributed by atoms with Crippen LogP contribution in [-0.4, -0.2) is 11.0 Å². The molecule has 2 rings (SSSR count). The minimum Gasteiger partial charge on any atom is -0.381 e. The zero-order valence-corrected chi connectivity index (χ0v) is 11.0. The van der Waals surface area contributed by atoms with Gasteiger partial charge in [-0.05, 0) is 31.0 Å². The lowest BCUT2D eigenvalue weighted by Gasteiger charge is -2.15. The van der Waals surface area contributed by atoms with Crippen LogP contribution in [0.3, 0.4) is 0 Å². The summed E-state index contributed by atoms with van der Waals surface area (Å²) in [6.07, 6.45) is -2.39. The highest BCUT2D eigenvalue weighted by Crippen LogP contribution is 2.27. The highest BCUT2D eigenvalue weighted by Gasteiger charge is 2.32. The van der Waals surface area contributed by atoms with E-state index in [1.807, 2.05) is 37.3 Å². The predicted octanol–water partition coefficient (Wildman–Crippen LogP) is 4.14. The molecule has 1 atom stereocenters. The second-order valence-electron chi connectivity index (χ2n) is 4.66. The third-order valence-corrected chi connectivity index (χ3v) is 2.85. The van der Waals surface area contributed by atoms with Crippen molar-refractivity contribution in [2.45, 2.75) is 25.6 Å². The summed E-state index contributed by atoms with van der Waals surface area (Å²) in [5.74, 6) is 0. The first kappa shape index (κ1) is 14.4. The summed E-state index contributed by atoms with van der Waals surface area (Å²) in [6.45, 7) is 1.98. The maximum Gasteiger partial charge on any atom is 0.433 e. The molecule has 0 aliphatic rings. The van der Waals surface area contributed by atoms with Crippen molar-refractivity contribution in [2.24, 2.45) is 0 Å². The molecule has 1 aromatic heterocycles. The third-order valence-electron chi connectivity index (χ3n) is 2.85. The molecular formula is C15H15F3N2. The molecule has 1 aromatic carbocycles. The maximum atomic E-state index is 12.4. The average Bonchev–Trinajstić information content (AvgIpc) is 2.39. The second kappa shape index (κ2) is 5.94. The molecule has 0 bridgehead atoms.